The van der Waals surface area contributed by atoms with Crippen LogP contribution in [-0.4, -0.2) is 31.1 Å². The highest BCUT2D eigenvalue weighted by Gasteiger charge is 2.22. The van der Waals surface area contributed by atoms with Gasteiger partial charge in [0.15, 0.2) is 0 Å². The van der Waals surface area contributed by atoms with E-state index in [1.807, 2.05) is 0 Å². The molecular weight excluding hydrogens is 268 g/mol. The molecule has 124 valence electrons. The van der Waals surface area contributed by atoms with Crippen molar-refractivity contribution in [1.29, 1.82) is 0 Å². The molecule has 1 aromatic carbocycles. The maximum atomic E-state index is 3.48. The van der Waals surface area contributed by atoms with Gasteiger partial charge < -0.3 is 5.32 Å². The second-order valence-corrected chi connectivity index (χ2v) is 7.67. The van der Waals surface area contributed by atoms with Gasteiger partial charge in [0.05, 0.1) is 0 Å². The predicted octanol–water partition coefficient (Wildman–Crippen LogP) is 4.51. The molecule has 0 aliphatic carbocycles. The predicted molar refractivity (Wildman–Crippen MR) is 96.5 cm³/mol. The molecule has 2 nitrogen and oxygen atoms in total. The molecule has 0 bridgehead atoms. The largest absolute Gasteiger partial charge is 0.314 e. The van der Waals surface area contributed by atoms with Gasteiger partial charge in [0.1, 0.15) is 0 Å². The summed E-state index contributed by atoms with van der Waals surface area (Å²) in [6.45, 7) is 13.8. The number of benzene rings is 1. The zero-order valence-electron chi connectivity index (χ0n) is 15.0. The van der Waals surface area contributed by atoms with Crippen molar-refractivity contribution in [2.24, 2.45) is 0 Å². The number of nitrogens with zero attached hydrogens (tertiary/aromatic N) is 1. The minimum atomic E-state index is 0.241. The third-order valence-corrected chi connectivity index (χ3v) is 4.83. The lowest BCUT2D eigenvalue weighted by molar-refractivity contribution is 0.162. The zero-order valence-corrected chi connectivity index (χ0v) is 15.0. The Morgan fingerprint density at radius 3 is 2.23 bits per heavy atom. The Labute approximate surface area is 137 Å². The van der Waals surface area contributed by atoms with Crippen LogP contribution < -0.4 is 5.32 Å². The topological polar surface area (TPSA) is 15.3 Å². The summed E-state index contributed by atoms with van der Waals surface area (Å²) < 4.78 is 0. The van der Waals surface area contributed by atoms with Crippen LogP contribution >= 0.6 is 0 Å². The summed E-state index contributed by atoms with van der Waals surface area (Å²) in [5.74, 6) is 0. The number of rotatable bonds is 6. The second kappa shape index (κ2) is 8.12. The van der Waals surface area contributed by atoms with Gasteiger partial charge in [-0.3, -0.25) is 4.90 Å². The van der Waals surface area contributed by atoms with E-state index in [0.717, 1.165) is 13.1 Å². The summed E-state index contributed by atoms with van der Waals surface area (Å²) >= 11 is 0. The fraction of sp³-hybridized carbons (Fsp3) is 0.700. The van der Waals surface area contributed by atoms with Gasteiger partial charge in [0.25, 0.3) is 0 Å². The van der Waals surface area contributed by atoms with Crippen LogP contribution in [0.25, 0.3) is 0 Å². The van der Waals surface area contributed by atoms with Crippen molar-refractivity contribution in [3.63, 3.8) is 0 Å². The van der Waals surface area contributed by atoms with E-state index in [-0.39, 0.29) is 5.41 Å². The van der Waals surface area contributed by atoms with Gasteiger partial charge in [-0.05, 0) is 23.0 Å². The van der Waals surface area contributed by atoms with Crippen molar-refractivity contribution in [3.8, 4) is 0 Å². The van der Waals surface area contributed by atoms with Crippen LogP contribution in [0, 0.1) is 0 Å². The fourth-order valence-corrected chi connectivity index (χ4v) is 3.35. The highest BCUT2D eigenvalue weighted by molar-refractivity contribution is 5.29. The molecule has 0 aromatic heterocycles. The number of unbranched alkanes of at least 4 members (excludes halogenated alkanes) is 2. The first-order valence-corrected chi connectivity index (χ1v) is 9.07. The van der Waals surface area contributed by atoms with Gasteiger partial charge in [-0.2, -0.15) is 0 Å². The molecule has 1 aliphatic rings. The molecular formula is C20H34N2. The normalized spacial score (nSPS) is 18.4. The summed E-state index contributed by atoms with van der Waals surface area (Å²) in [7, 11) is 0. The van der Waals surface area contributed by atoms with Crippen LogP contribution in [0.1, 0.15) is 70.5 Å². The Morgan fingerprint density at radius 2 is 1.68 bits per heavy atom. The van der Waals surface area contributed by atoms with Crippen LogP contribution in [-0.2, 0) is 5.41 Å². The minimum Gasteiger partial charge on any atom is -0.314 e. The Balaban J connectivity index is 2.12. The van der Waals surface area contributed by atoms with E-state index < -0.39 is 0 Å². The molecule has 1 fully saturated rings. The molecule has 0 amide bonds. The Morgan fingerprint density at radius 1 is 1.05 bits per heavy atom. The van der Waals surface area contributed by atoms with Crippen LogP contribution in [0.2, 0.25) is 0 Å². The van der Waals surface area contributed by atoms with Gasteiger partial charge in [-0.25, -0.2) is 0 Å². The molecule has 0 saturated carbocycles. The SMILES string of the molecule is CCCCC[C@H](c1ccc(C(C)(C)C)cc1)N1CCNCC1. The smallest absolute Gasteiger partial charge is 0.0349 e. The van der Waals surface area contributed by atoms with E-state index in [0.29, 0.717) is 6.04 Å². The van der Waals surface area contributed by atoms with Crippen molar-refractivity contribution in [2.45, 2.75) is 64.8 Å². The third-order valence-electron chi connectivity index (χ3n) is 4.83. The molecule has 2 rings (SSSR count). The van der Waals surface area contributed by atoms with Crippen LogP contribution in [0.5, 0.6) is 0 Å². The maximum Gasteiger partial charge on any atom is 0.0349 e. The lowest BCUT2D eigenvalue weighted by Crippen LogP contribution is -2.45. The summed E-state index contributed by atoms with van der Waals surface area (Å²) in [5, 5.41) is 3.48. The van der Waals surface area contributed by atoms with Crippen molar-refractivity contribution < 1.29 is 0 Å². The van der Waals surface area contributed by atoms with E-state index in [4.69, 9.17) is 0 Å². The minimum absolute atomic E-state index is 0.241. The molecule has 1 saturated heterocycles. The van der Waals surface area contributed by atoms with Gasteiger partial charge in [-0.15, -0.1) is 0 Å². The highest BCUT2D eigenvalue weighted by Crippen LogP contribution is 2.29. The Kier molecular flexibility index (Phi) is 6.46. The molecule has 2 heteroatoms. The molecule has 1 aromatic rings. The highest BCUT2D eigenvalue weighted by atomic mass is 15.2. The monoisotopic (exact) mass is 302 g/mol. The first-order valence-electron chi connectivity index (χ1n) is 9.07. The molecule has 0 unspecified atom stereocenters. The Bertz CT molecular complexity index is 424. The van der Waals surface area contributed by atoms with Gasteiger partial charge in [-0.1, -0.05) is 71.2 Å². The molecule has 1 N–H and O–H groups in total. The quantitative estimate of drug-likeness (QED) is 0.778. The number of piperazine rings is 1. The number of hydrogen-bond donors (Lipinski definition) is 1. The van der Waals surface area contributed by atoms with Crippen LogP contribution in [0.4, 0.5) is 0 Å². The first kappa shape index (κ1) is 17.5. The van der Waals surface area contributed by atoms with Crippen molar-refractivity contribution in [2.75, 3.05) is 26.2 Å². The van der Waals surface area contributed by atoms with E-state index in [1.54, 1.807) is 0 Å². The van der Waals surface area contributed by atoms with E-state index in [9.17, 15) is 0 Å². The standard InChI is InChI=1S/C20H34N2/c1-5-6-7-8-19(22-15-13-21-14-16-22)17-9-11-18(12-10-17)20(2,3)4/h9-12,19,21H,5-8,13-16H2,1-4H3/t19-/m1/s1. The average Bonchev–Trinajstić information content (AvgIpc) is 2.52. The third kappa shape index (κ3) is 4.82. The van der Waals surface area contributed by atoms with Gasteiger partial charge >= 0.3 is 0 Å². The molecule has 22 heavy (non-hydrogen) atoms. The van der Waals surface area contributed by atoms with Crippen LogP contribution in [0.15, 0.2) is 24.3 Å². The first-order chi connectivity index (χ1) is 10.5. The molecule has 0 spiro atoms. The second-order valence-electron chi connectivity index (χ2n) is 7.67. The number of hydrogen-bond acceptors (Lipinski definition) is 2. The molecule has 1 heterocycles. The number of nitrogens with one attached hydrogen (secondary N) is 1. The molecule has 0 radical (unpaired) electrons. The fourth-order valence-electron chi connectivity index (χ4n) is 3.35. The maximum absolute atomic E-state index is 3.48. The van der Waals surface area contributed by atoms with E-state index >= 15 is 0 Å². The summed E-state index contributed by atoms with van der Waals surface area (Å²) in [6.07, 6.45) is 5.29. The summed E-state index contributed by atoms with van der Waals surface area (Å²) in [5.41, 5.74) is 3.18. The Hall–Kier alpha value is -0.860. The van der Waals surface area contributed by atoms with Crippen molar-refractivity contribution in [1.82, 2.24) is 10.2 Å². The lowest BCUT2D eigenvalue weighted by atomic mass is 9.85. The summed E-state index contributed by atoms with van der Waals surface area (Å²) in [6, 6.07) is 10.0. The van der Waals surface area contributed by atoms with Crippen molar-refractivity contribution >= 4 is 0 Å². The molecule has 1 atom stereocenters. The lowest BCUT2D eigenvalue weighted by Gasteiger charge is -2.35. The zero-order chi connectivity index (χ0) is 16.0. The summed E-state index contributed by atoms with van der Waals surface area (Å²) in [4.78, 5) is 2.68. The molecule has 1 aliphatic heterocycles. The van der Waals surface area contributed by atoms with E-state index in [1.165, 1.54) is 49.9 Å². The average molecular weight is 303 g/mol. The van der Waals surface area contributed by atoms with Gasteiger partial charge in [0, 0.05) is 32.2 Å². The van der Waals surface area contributed by atoms with Crippen LogP contribution in [0.3, 0.4) is 0 Å². The van der Waals surface area contributed by atoms with Gasteiger partial charge in [0.2, 0.25) is 0 Å². The van der Waals surface area contributed by atoms with E-state index in [2.05, 4.69) is 62.2 Å². The van der Waals surface area contributed by atoms with Crippen molar-refractivity contribution in [3.05, 3.63) is 35.4 Å².